The first-order chi connectivity index (χ1) is 15.1. The Labute approximate surface area is 184 Å². The Hall–Kier alpha value is -2.86. The number of likely N-dealkylation sites (tertiary alicyclic amines) is 1. The van der Waals surface area contributed by atoms with Crippen molar-refractivity contribution < 1.29 is 14.3 Å². The summed E-state index contributed by atoms with van der Waals surface area (Å²) < 4.78 is 5.13. The highest BCUT2D eigenvalue weighted by Gasteiger charge is 2.33. The fraction of sp³-hybridized carbons (Fsp3) is 0.440. The topological polar surface area (TPSA) is 70.7 Å². The van der Waals surface area contributed by atoms with E-state index in [1.54, 1.807) is 55.6 Å². The summed E-state index contributed by atoms with van der Waals surface area (Å²) in [5.74, 6) is 1.32. The lowest BCUT2D eigenvalue weighted by molar-refractivity contribution is -0.118. The number of nitrogens with zero attached hydrogens (tertiary/aromatic N) is 1. The lowest BCUT2D eigenvalue weighted by Crippen LogP contribution is -2.49. The summed E-state index contributed by atoms with van der Waals surface area (Å²) in [5, 5.41) is 5.85. The van der Waals surface area contributed by atoms with Crippen molar-refractivity contribution in [2.75, 3.05) is 30.8 Å². The first-order valence-corrected chi connectivity index (χ1v) is 11.2. The molecule has 0 aromatic heterocycles. The van der Waals surface area contributed by atoms with Crippen molar-refractivity contribution in [2.45, 2.75) is 44.6 Å². The van der Waals surface area contributed by atoms with Gasteiger partial charge in [0, 0.05) is 23.0 Å². The quantitative estimate of drug-likeness (QED) is 0.718. The van der Waals surface area contributed by atoms with E-state index in [0.29, 0.717) is 29.5 Å². The number of benzene rings is 2. The molecule has 0 bridgehead atoms. The van der Waals surface area contributed by atoms with Gasteiger partial charge in [0.2, 0.25) is 5.91 Å². The Bertz CT molecular complexity index is 893. The number of rotatable bonds is 6. The fourth-order valence-electron chi connectivity index (χ4n) is 4.89. The predicted octanol–water partition coefficient (Wildman–Crippen LogP) is 4.54. The number of nitrogens with one attached hydrogen (secondary N) is 2. The van der Waals surface area contributed by atoms with Gasteiger partial charge in [-0.1, -0.05) is 12.8 Å². The van der Waals surface area contributed by atoms with E-state index in [1.807, 2.05) is 0 Å². The van der Waals surface area contributed by atoms with Crippen molar-refractivity contribution in [3.8, 4) is 5.75 Å². The van der Waals surface area contributed by atoms with E-state index in [9.17, 15) is 9.59 Å². The van der Waals surface area contributed by atoms with E-state index in [-0.39, 0.29) is 11.8 Å². The number of carbonyl (C=O) groups excluding carboxylic acids is 2. The molecule has 2 fully saturated rings. The van der Waals surface area contributed by atoms with Crippen molar-refractivity contribution in [3.05, 3.63) is 54.1 Å². The Morgan fingerprint density at radius 2 is 1.55 bits per heavy atom. The normalized spacial score (nSPS) is 21.1. The summed E-state index contributed by atoms with van der Waals surface area (Å²) in [6, 6.07) is 14.8. The molecule has 2 aromatic rings. The Kier molecular flexibility index (Phi) is 6.87. The second-order valence-electron chi connectivity index (χ2n) is 8.53. The first-order valence-electron chi connectivity index (χ1n) is 11.2. The van der Waals surface area contributed by atoms with Crippen LogP contribution in [0.4, 0.5) is 11.4 Å². The molecule has 1 saturated heterocycles. The Balaban J connectivity index is 1.30. The van der Waals surface area contributed by atoms with Gasteiger partial charge >= 0.3 is 0 Å². The van der Waals surface area contributed by atoms with Gasteiger partial charge in [-0.25, -0.2) is 0 Å². The van der Waals surface area contributed by atoms with Gasteiger partial charge in [-0.2, -0.15) is 0 Å². The zero-order chi connectivity index (χ0) is 21.6. The largest absolute Gasteiger partial charge is 0.497 e. The summed E-state index contributed by atoms with van der Waals surface area (Å²) >= 11 is 0. The Morgan fingerprint density at radius 3 is 2.29 bits per heavy atom. The number of piperidine rings is 1. The molecule has 2 atom stereocenters. The fourth-order valence-corrected chi connectivity index (χ4v) is 4.89. The van der Waals surface area contributed by atoms with Crippen LogP contribution in [0.25, 0.3) is 0 Å². The number of anilines is 2. The van der Waals surface area contributed by atoms with Crippen LogP contribution < -0.4 is 15.4 Å². The maximum atomic E-state index is 12.6. The smallest absolute Gasteiger partial charge is 0.255 e. The van der Waals surface area contributed by atoms with Crippen LogP contribution >= 0.6 is 0 Å². The second kappa shape index (κ2) is 9.96. The van der Waals surface area contributed by atoms with Gasteiger partial charge in [0.1, 0.15) is 5.75 Å². The lowest BCUT2D eigenvalue weighted by atomic mass is 9.78. The van der Waals surface area contributed by atoms with Crippen LogP contribution in [0.5, 0.6) is 5.75 Å². The average molecular weight is 422 g/mol. The molecule has 1 aliphatic carbocycles. The van der Waals surface area contributed by atoms with Crippen LogP contribution in [0.2, 0.25) is 0 Å². The van der Waals surface area contributed by atoms with Crippen LogP contribution in [0.15, 0.2) is 48.5 Å². The summed E-state index contributed by atoms with van der Waals surface area (Å²) in [7, 11) is 1.60. The maximum Gasteiger partial charge on any atom is 0.255 e. The highest BCUT2D eigenvalue weighted by molar-refractivity contribution is 6.04. The third-order valence-corrected chi connectivity index (χ3v) is 6.48. The molecule has 2 amide bonds. The molecule has 2 N–H and O–H groups in total. The minimum absolute atomic E-state index is 0.0154. The van der Waals surface area contributed by atoms with E-state index in [0.717, 1.165) is 18.2 Å². The molecule has 1 heterocycles. The summed E-state index contributed by atoms with van der Waals surface area (Å²) in [4.78, 5) is 27.5. The molecule has 31 heavy (non-hydrogen) atoms. The highest BCUT2D eigenvalue weighted by atomic mass is 16.5. The number of amides is 2. The third kappa shape index (κ3) is 5.44. The predicted molar refractivity (Wildman–Crippen MR) is 123 cm³/mol. The van der Waals surface area contributed by atoms with Gasteiger partial charge in [0.15, 0.2) is 0 Å². The molecule has 0 spiro atoms. The van der Waals surface area contributed by atoms with Crippen molar-refractivity contribution in [1.29, 1.82) is 0 Å². The maximum absolute atomic E-state index is 12.6. The van der Waals surface area contributed by atoms with Crippen molar-refractivity contribution in [3.63, 3.8) is 0 Å². The molecule has 4 rings (SSSR count). The van der Waals surface area contributed by atoms with E-state index in [4.69, 9.17) is 4.74 Å². The van der Waals surface area contributed by atoms with Gasteiger partial charge in [0.25, 0.3) is 5.91 Å². The SMILES string of the molecule is COc1ccc(NC(=O)c2ccc(NC(=O)CN3CCC[C@H]4CCCC[C@@H]43)cc2)cc1. The van der Waals surface area contributed by atoms with E-state index in [1.165, 1.54) is 38.5 Å². The number of ether oxygens (including phenoxy) is 1. The van der Waals surface area contributed by atoms with Crippen molar-refractivity contribution >= 4 is 23.2 Å². The highest BCUT2D eigenvalue weighted by Crippen LogP contribution is 2.35. The van der Waals surface area contributed by atoms with Crippen molar-refractivity contribution in [2.24, 2.45) is 5.92 Å². The number of fused-ring (bicyclic) bond motifs is 1. The zero-order valence-corrected chi connectivity index (χ0v) is 18.1. The average Bonchev–Trinajstić information content (AvgIpc) is 2.80. The summed E-state index contributed by atoms with van der Waals surface area (Å²) in [6.45, 7) is 1.46. The summed E-state index contributed by atoms with van der Waals surface area (Å²) in [6.07, 6.45) is 7.63. The van der Waals surface area contributed by atoms with Crippen LogP contribution in [0.3, 0.4) is 0 Å². The third-order valence-electron chi connectivity index (χ3n) is 6.48. The number of hydrogen-bond donors (Lipinski definition) is 2. The lowest BCUT2D eigenvalue weighted by Gasteiger charge is -2.43. The Morgan fingerprint density at radius 1 is 0.903 bits per heavy atom. The molecule has 1 saturated carbocycles. The first kappa shape index (κ1) is 21.4. The van der Waals surface area contributed by atoms with Crippen LogP contribution in [-0.2, 0) is 4.79 Å². The molecule has 2 aliphatic rings. The monoisotopic (exact) mass is 421 g/mol. The molecule has 6 heteroatoms. The molecule has 1 aliphatic heterocycles. The molecule has 164 valence electrons. The minimum Gasteiger partial charge on any atom is -0.497 e. The summed E-state index contributed by atoms with van der Waals surface area (Å²) in [5.41, 5.74) is 1.95. The molecule has 0 unspecified atom stereocenters. The van der Waals surface area contributed by atoms with Gasteiger partial charge in [-0.15, -0.1) is 0 Å². The van der Waals surface area contributed by atoms with Crippen LogP contribution in [-0.4, -0.2) is 43.0 Å². The number of carbonyl (C=O) groups is 2. The second-order valence-corrected chi connectivity index (χ2v) is 8.53. The standard InChI is InChI=1S/C25H31N3O3/c1-31-22-14-12-21(13-15-22)27-25(30)19-8-10-20(11-9-19)26-24(29)17-28-16-4-6-18-5-2-3-7-23(18)28/h8-15,18,23H,2-7,16-17H2,1H3,(H,26,29)(H,27,30)/t18-,23+/m1/s1. The van der Waals surface area contributed by atoms with Gasteiger partial charge in [-0.3, -0.25) is 14.5 Å². The molecule has 6 nitrogen and oxygen atoms in total. The minimum atomic E-state index is -0.195. The van der Waals surface area contributed by atoms with Crippen LogP contribution in [0.1, 0.15) is 48.9 Å². The van der Waals surface area contributed by atoms with E-state index >= 15 is 0 Å². The van der Waals surface area contributed by atoms with Gasteiger partial charge < -0.3 is 15.4 Å². The molecular formula is C25H31N3O3. The van der Waals surface area contributed by atoms with Gasteiger partial charge in [-0.05, 0) is 86.7 Å². The van der Waals surface area contributed by atoms with E-state index < -0.39 is 0 Å². The van der Waals surface area contributed by atoms with Crippen LogP contribution in [0, 0.1) is 5.92 Å². The molecular weight excluding hydrogens is 390 g/mol. The zero-order valence-electron chi connectivity index (χ0n) is 18.1. The number of methoxy groups -OCH3 is 1. The molecule has 2 aromatic carbocycles. The van der Waals surface area contributed by atoms with Gasteiger partial charge in [0.05, 0.1) is 13.7 Å². The van der Waals surface area contributed by atoms with Crippen molar-refractivity contribution in [1.82, 2.24) is 4.90 Å². The van der Waals surface area contributed by atoms with E-state index in [2.05, 4.69) is 15.5 Å². The number of hydrogen-bond acceptors (Lipinski definition) is 4. The molecule has 0 radical (unpaired) electrons.